The van der Waals surface area contributed by atoms with Crippen LogP contribution in [0.5, 0.6) is 5.75 Å². The molecule has 1 heterocycles. The molecule has 20 heavy (non-hydrogen) atoms. The van der Waals surface area contributed by atoms with E-state index in [2.05, 4.69) is 31.0 Å². The number of nitro groups is 1. The molecule has 1 aliphatic rings. The summed E-state index contributed by atoms with van der Waals surface area (Å²) in [6, 6.07) is 6.40. The Hall–Kier alpha value is -1.95. The number of nitrogens with zero attached hydrogens (tertiary/aromatic N) is 3. The van der Waals surface area contributed by atoms with Crippen LogP contribution in [0.2, 0.25) is 0 Å². The van der Waals surface area contributed by atoms with Gasteiger partial charge < -0.3 is 9.74 Å². The van der Waals surface area contributed by atoms with Crippen LogP contribution in [0.4, 0.5) is 5.69 Å². The summed E-state index contributed by atoms with van der Waals surface area (Å²) in [4.78, 5) is 17.8. The van der Waals surface area contributed by atoms with Gasteiger partial charge >= 0.3 is 0 Å². The van der Waals surface area contributed by atoms with E-state index in [0.29, 0.717) is 17.7 Å². The number of oxime groups is 1. The van der Waals surface area contributed by atoms with Gasteiger partial charge in [0.2, 0.25) is 0 Å². The third-order valence-corrected chi connectivity index (χ3v) is 3.70. The van der Waals surface area contributed by atoms with Crippen LogP contribution in [0.1, 0.15) is 20.3 Å². The number of hydrogen-bond acceptors (Lipinski definition) is 5. The molecule has 0 bridgehead atoms. The number of rotatable bonds is 3. The lowest BCUT2D eigenvalue weighted by atomic mass is 9.93. The molecule has 0 aromatic heterocycles. The summed E-state index contributed by atoms with van der Waals surface area (Å²) in [6.45, 7) is 5.25. The SMILES string of the molecule is C[C@@H]1CN(C)[C@H](C)C/C1=N/Oc1ccc([N+](=O)[O-])cc1. The normalized spacial score (nSPS) is 25.6. The molecule has 2 rings (SSSR count). The van der Waals surface area contributed by atoms with E-state index >= 15 is 0 Å². The third kappa shape index (κ3) is 3.33. The van der Waals surface area contributed by atoms with E-state index in [-0.39, 0.29) is 5.69 Å². The van der Waals surface area contributed by atoms with E-state index in [0.717, 1.165) is 18.7 Å². The van der Waals surface area contributed by atoms with Crippen molar-refractivity contribution in [3.63, 3.8) is 0 Å². The van der Waals surface area contributed by atoms with E-state index in [9.17, 15) is 10.1 Å². The van der Waals surface area contributed by atoms with Gasteiger partial charge in [-0.2, -0.15) is 0 Å². The van der Waals surface area contributed by atoms with Crippen molar-refractivity contribution in [1.29, 1.82) is 0 Å². The molecule has 0 radical (unpaired) electrons. The van der Waals surface area contributed by atoms with Crippen molar-refractivity contribution >= 4 is 11.4 Å². The summed E-state index contributed by atoms with van der Waals surface area (Å²) in [5, 5.41) is 14.8. The molecule has 6 nitrogen and oxygen atoms in total. The molecule has 1 aromatic carbocycles. The molecule has 1 saturated heterocycles. The van der Waals surface area contributed by atoms with E-state index in [1.807, 2.05) is 0 Å². The minimum atomic E-state index is -0.434. The molecule has 0 saturated carbocycles. The molecule has 0 aliphatic carbocycles. The van der Waals surface area contributed by atoms with Crippen LogP contribution < -0.4 is 4.84 Å². The Kier molecular flexibility index (Phi) is 4.34. The second-order valence-corrected chi connectivity index (χ2v) is 5.32. The Balaban J connectivity index is 2.03. The van der Waals surface area contributed by atoms with Crippen molar-refractivity contribution < 1.29 is 9.76 Å². The van der Waals surface area contributed by atoms with Crippen LogP contribution in [-0.2, 0) is 0 Å². The Morgan fingerprint density at radius 3 is 2.60 bits per heavy atom. The molecule has 1 aliphatic heterocycles. The monoisotopic (exact) mass is 277 g/mol. The number of hydrogen-bond donors (Lipinski definition) is 0. The molecule has 0 amide bonds. The summed E-state index contributed by atoms with van der Waals surface area (Å²) >= 11 is 0. The zero-order valence-corrected chi connectivity index (χ0v) is 11.9. The summed E-state index contributed by atoms with van der Waals surface area (Å²) in [7, 11) is 2.11. The van der Waals surface area contributed by atoms with Gasteiger partial charge in [-0.25, -0.2) is 0 Å². The lowest BCUT2D eigenvalue weighted by Crippen LogP contribution is -2.43. The second-order valence-electron chi connectivity index (χ2n) is 5.32. The first-order valence-electron chi connectivity index (χ1n) is 6.66. The molecule has 108 valence electrons. The summed E-state index contributed by atoms with van der Waals surface area (Å²) < 4.78 is 0. The molecule has 0 spiro atoms. The first-order valence-corrected chi connectivity index (χ1v) is 6.66. The van der Waals surface area contributed by atoms with Gasteiger partial charge in [-0.3, -0.25) is 10.1 Å². The van der Waals surface area contributed by atoms with Crippen LogP contribution in [0, 0.1) is 16.0 Å². The largest absolute Gasteiger partial charge is 0.357 e. The van der Waals surface area contributed by atoms with Crippen molar-refractivity contribution in [1.82, 2.24) is 4.90 Å². The highest BCUT2D eigenvalue weighted by molar-refractivity contribution is 5.87. The summed E-state index contributed by atoms with van der Waals surface area (Å²) in [5.74, 6) is 0.871. The fourth-order valence-corrected chi connectivity index (χ4v) is 2.24. The second kappa shape index (κ2) is 6.00. The maximum atomic E-state index is 10.6. The average molecular weight is 277 g/mol. The van der Waals surface area contributed by atoms with Gasteiger partial charge in [-0.15, -0.1) is 0 Å². The van der Waals surface area contributed by atoms with Crippen LogP contribution in [-0.4, -0.2) is 35.2 Å². The van der Waals surface area contributed by atoms with E-state index in [4.69, 9.17) is 4.84 Å². The number of nitro benzene ring substituents is 1. The van der Waals surface area contributed by atoms with Crippen molar-refractivity contribution in [3.05, 3.63) is 34.4 Å². The fourth-order valence-electron chi connectivity index (χ4n) is 2.24. The highest BCUT2D eigenvalue weighted by Crippen LogP contribution is 2.21. The van der Waals surface area contributed by atoms with Gasteiger partial charge in [0.05, 0.1) is 10.6 Å². The Morgan fingerprint density at radius 1 is 1.35 bits per heavy atom. The molecule has 6 heteroatoms. The number of benzene rings is 1. The van der Waals surface area contributed by atoms with Gasteiger partial charge in [-0.1, -0.05) is 12.1 Å². The van der Waals surface area contributed by atoms with Gasteiger partial charge in [0.15, 0.2) is 5.75 Å². The van der Waals surface area contributed by atoms with Crippen LogP contribution in [0.25, 0.3) is 0 Å². The molecular weight excluding hydrogens is 258 g/mol. The van der Waals surface area contributed by atoms with E-state index in [1.165, 1.54) is 12.1 Å². The molecular formula is C14H19N3O3. The summed E-state index contributed by atoms with van der Waals surface area (Å²) in [6.07, 6.45) is 0.880. The zero-order chi connectivity index (χ0) is 14.7. The van der Waals surface area contributed by atoms with Gasteiger partial charge in [0, 0.05) is 37.1 Å². The first kappa shape index (κ1) is 14.5. The standard InChI is InChI=1S/C14H19N3O3/c1-10-9-16(3)11(2)8-14(10)15-20-13-6-4-12(5-7-13)17(18)19/h4-7,10-11H,8-9H2,1-3H3/b15-14-/t10-,11-/m1/s1. The predicted molar refractivity (Wildman–Crippen MR) is 77.0 cm³/mol. The van der Waals surface area contributed by atoms with E-state index < -0.39 is 4.92 Å². The predicted octanol–water partition coefficient (Wildman–Crippen LogP) is 2.69. The third-order valence-electron chi connectivity index (χ3n) is 3.70. The number of non-ortho nitro benzene ring substituents is 1. The highest BCUT2D eigenvalue weighted by atomic mass is 16.6. The Morgan fingerprint density at radius 2 is 2.00 bits per heavy atom. The van der Waals surface area contributed by atoms with Crippen LogP contribution in [0.15, 0.2) is 29.4 Å². The fraction of sp³-hybridized carbons (Fsp3) is 0.500. The molecule has 0 N–H and O–H groups in total. The molecule has 2 atom stereocenters. The van der Waals surface area contributed by atoms with Gasteiger partial charge in [-0.05, 0) is 26.1 Å². The topological polar surface area (TPSA) is 68.0 Å². The van der Waals surface area contributed by atoms with Crippen molar-refractivity contribution in [3.8, 4) is 5.75 Å². The lowest BCUT2D eigenvalue weighted by molar-refractivity contribution is -0.384. The zero-order valence-electron chi connectivity index (χ0n) is 11.9. The Labute approximate surface area is 118 Å². The van der Waals surface area contributed by atoms with E-state index in [1.54, 1.807) is 12.1 Å². The number of piperidine rings is 1. The minimum Gasteiger partial charge on any atom is -0.357 e. The van der Waals surface area contributed by atoms with Crippen LogP contribution >= 0.6 is 0 Å². The highest BCUT2D eigenvalue weighted by Gasteiger charge is 2.25. The van der Waals surface area contributed by atoms with Crippen molar-refractivity contribution in [2.75, 3.05) is 13.6 Å². The number of likely N-dealkylation sites (tertiary alicyclic amines) is 1. The molecule has 0 unspecified atom stereocenters. The minimum absolute atomic E-state index is 0.0475. The first-order chi connectivity index (χ1) is 9.47. The molecule has 1 fully saturated rings. The van der Waals surface area contributed by atoms with Crippen LogP contribution in [0.3, 0.4) is 0 Å². The maximum Gasteiger partial charge on any atom is 0.269 e. The van der Waals surface area contributed by atoms with Crippen molar-refractivity contribution in [2.24, 2.45) is 11.1 Å². The maximum absolute atomic E-state index is 10.6. The summed E-state index contributed by atoms with van der Waals surface area (Å²) in [5.41, 5.74) is 1.08. The van der Waals surface area contributed by atoms with Gasteiger partial charge in [0.25, 0.3) is 5.69 Å². The smallest absolute Gasteiger partial charge is 0.269 e. The Bertz CT molecular complexity index is 513. The lowest BCUT2D eigenvalue weighted by Gasteiger charge is -2.34. The van der Waals surface area contributed by atoms with Gasteiger partial charge in [0.1, 0.15) is 0 Å². The molecule has 1 aromatic rings. The van der Waals surface area contributed by atoms with Crippen molar-refractivity contribution in [2.45, 2.75) is 26.3 Å². The average Bonchev–Trinajstić information content (AvgIpc) is 2.42. The quantitative estimate of drug-likeness (QED) is 0.629.